The molecule has 2 rings (SSSR count). The van der Waals surface area contributed by atoms with Gasteiger partial charge in [0.2, 0.25) is 0 Å². The van der Waals surface area contributed by atoms with E-state index in [0.29, 0.717) is 10.6 Å². The third-order valence-corrected chi connectivity index (χ3v) is 6.61. The molecule has 0 aromatic heterocycles. The summed E-state index contributed by atoms with van der Waals surface area (Å²) in [5, 5.41) is 21.0. The topological polar surface area (TPSA) is 80.4 Å². The molecule has 5 nitrogen and oxygen atoms in total. The highest BCUT2D eigenvalue weighted by molar-refractivity contribution is 7.99. The predicted octanol–water partition coefficient (Wildman–Crippen LogP) is 5.64. The van der Waals surface area contributed by atoms with E-state index in [1.807, 2.05) is 6.92 Å². The van der Waals surface area contributed by atoms with Crippen molar-refractivity contribution < 1.29 is 19.2 Å². The molecule has 0 fully saturated rings. The molecule has 0 saturated carbocycles. The minimum absolute atomic E-state index is 0.0475. The van der Waals surface area contributed by atoms with Crippen LogP contribution in [0.15, 0.2) is 47.4 Å². The number of aliphatic hydroxyl groups is 1. The lowest BCUT2D eigenvalue weighted by Crippen LogP contribution is -2.27. The average Bonchev–Trinajstić information content (AvgIpc) is 2.74. The van der Waals surface area contributed by atoms with Gasteiger partial charge < -0.3 is 5.11 Å². The van der Waals surface area contributed by atoms with Gasteiger partial charge in [0.05, 0.1) is 4.92 Å². The minimum Gasteiger partial charge on any atom is -0.396 e. The molecule has 0 aliphatic heterocycles. The van der Waals surface area contributed by atoms with Crippen molar-refractivity contribution in [2.75, 3.05) is 12.4 Å². The number of aliphatic hydroxyl groups excluding tert-OH is 1. The number of nitro benzene ring substituents is 1. The molecule has 2 aromatic carbocycles. The molecule has 1 atom stereocenters. The van der Waals surface area contributed by atoms with Crippen molar-refractivity contribution in [1.82, 2.24) is 0 Å². The number of unbranched alkanes of at least 4 members (excludes halogenated alkanes) is 1. The van der Waals surface area contributed by atoms with Crippen LogP contribution in [0.3, 0.4) is 0 Å². The maximum absolute atomic E-state index is 13.9. The number of hydrogen-bond donors (Lipinski definition) is 1. The summed E-state index contributed by atoms with van der Waals surface area (Å²) < 4.78 is 13.9. The molecule has 7 heteroatoms. The highest BCUT2D eigenvalue weighted by Gasteiger charge is 2.28. The summed E-state index contributed by atoms with van der Waals surface area (Å²) in [7, 11) is 0. The van der Waals surface area contributed by atoms with Crippen LogP contribution in [-0.2, 0) is 0 Å². The van der Waals surface area contributed by atoms with Gasteiger partial charge in [0.25, 0.3) is 5.69 Å². The van der Waals surface area contributed by atoms with E-state index in [1.54, 1.807) is 6.07 Å². The number of nitrogens with zero attached hydrogens (tertiary/aromatic N) is 1. The molecule has 1 N–H and O–H groups in total. The lowest BCUT2D eigenvalue weighted by Gasteiger charge is -2.30. The van der Waals surface area contributed by atoms with Crippen LogP contribution in [-0.4, -0.2) is 28.2 Å². The Kier molecular flexibility index (Phi) is 8.34. The summed E-state index contributed by atoms with van der Waals surface area (Å²) in [4.78, 5) is 24.0. The molecule has 0 bridgehead atoms. The summed E-state index contributed by atoms with van der Waals surface area (Å²) in [6, 6.07) is 9.46. The molecular formula is C22H26FNO4S. The summed E-state index contributed by atoms with van der Waals surface area (Å²) in [6.07, 6.45) is 3.70. The number of thioether (sulfide) groups is 1. The molecule has 29 heavy (non-hydrogen) atoms. The zero-order valence-electron chi connectivity index (χ0n) is 16.7. The zero-order valence-corrected chi connectivity index (χ0v) is 17.5. The van der Waals surface area contributed by atoms with E-state index in [4.69, 9.17) is 0 Å². The number of hydrogen-bond acceptors (Lipinski definition) is 5. The van der Waals surface area contributed by atoms with Crippen LogP contribution in [0.4, 0.5) is 10.1 Å². The Labute approximate surface area is 174 Å². The fourth-order valence-electron chi connectivity index (χ4n) is 3.09. The molecule has 0 spiro atoms. The standard InChI is InChI=1S/C22H26FNO4S/c1-3-5-11-22(4-2,14-25)15-29-20-10-9-17(23)13-19(20)21(26)16-7-6-8-18(12-16)24(27)28/h6-10,12-13,25H,3-5,11,14-15H2,1-2H3/t22-/m1/s1. The zero-order chi connectivity index (χ0) is 21.4. The molecule has 0 heterocycles. The van der Waals surface area contributed by atoms with Crippen molar-refractivity contribution in [2.45, 2.75) is 44.4 Å². The van der Waals surface area contributed by atoms with Gasteiger partial charge in [-0.2, -0.15) is 0 Å². The molecule has 0 aliphatic carbocycles. The first-order valence-electron chi connectivity index (χ1n) is 9.68. The molecule has 2 aromatic rings. The highest BCUT2D eigenvalue weighted by Crippen LogP contribution is 2.37. The number of rotatable bonds is 11. The van der Waals surface area contributed by atoms with Crippen molar-refractivity contribution in [1.29, 1.82) is 0 Å². The van der Waals surface area contributed by atoms with Gasteiger partial charge in [-0.05, 0) is 31.0 Å². The van der Waals surface area contributed by atoms with Gasteiger partial charge in [-0.1, -0.05) is 38.8 Å². The third kappa shape index (κ3) is 5.87. The van der Waals surface area contributed by atoms with Gasteiger partial charge in [0, 0.05) is 45.9 Å². The number of nitro groups is 1. The van der Waals surface area contributed by atoms with Gasteiger partial charge in [-0.25, -0.2) is 4.39 Å². The molecule has 0 unspecified atom stereocenters. The first kappa shape index (κ1) is 23.0. The minimum atomic E-state index is -0.567. The van der Waals surface area contributed by atoms with E-state index in [0.717, 1.165) is 25.7 Å². The Morgan fingerprint density at radius 1 is 1.24 bits per heavy atom. The fraction of sp³-hybridized carbons (Fsp3) is 0.409. The largest absolute Gasteiger partial charge is 0.396 e. The molecule has 0 amide bonds. The molecule has 0 saturated heterocycles. The maximum atomic E-state index is 13.9. The predicted molar refractivity (Wildman–Crippen MR) is 113 cm³/mol. The van der Waals surface area contributed by atoms with Gasteiger partial charge in [0.15, 0.2) is 5.78 Å². The average molecular weight is 420 g/mol. The second kappa shape index (κ2) is 10.5. The van der Waals surface area contributed by atoms with Crippen LogP contribution in [0.2, 0.25) is 0 Å². The third-order valence-electron chi connectivity index (χ3n) is 5.19. The second-order valence-electron chi connectivity index (χ2n) is 7.18. The van der Waals surface area contributed by atoms with E-state index in [-0.39, 0.29) is 28.8 Å². The number of benzene rings is 2. The Bertz CT molecular complexity index is 868. The lowest BCUT2D eigenvalue weighted by atomic mass is 9.83. The Hall–Kier alpha value is -2.25. The van der Waals surface area contributed by atoms with Gasteiger partial charge in [0.1, 0.15) is 5.82 Å². The van der Waals surface area contributed by atoms with Crippen molar-refractivity contribution in [3.05, 3.63) is 69.5 Å². The van der Waals surface area contributed by atoms with E-state index < -0.39 is 16.5 Å². The number of halogens is 1. The van der Waals surface area contributed by atoms with Crippen LogP contribution in [0.25, 0.3) is 0 Å². The number of carbonyl (C=O) groups excluding carboxylic acids is 1. The summed E-state index contributed by atoms with van der Waals surface area (Å²) in [6.45, 7) is 4.18. The van der Waals surface area contributed by atoms with Gasteiger partial charge in [-0.15, -0.1) is 11.8 Å². The van der Waals surface area contributed by atoms with Crippen LogP contribution in [0, 0.1) is 21.3 Å². The van der Waals surface area contributed by atoms with Crippen LogP contribution >= 0.6 is 11.8 Å². The smallest absolute Gasteiger partial charge is 0.270 e. The van der Waals surface area contributed by atoms with Crippen molar-refractivity contribution in [3.8, 4) is 0 Å². The highest BCUT2D eigenvalue weighted by atomic mass is 32.2. The molecule has 0 radical (unpaired) electrons. The fourth-order valence-corrected chi connectivity index (χ4v) is 4.46. The SMILES string of the molecule is CCCC[C@](CC)(CO)CSc1ccc(F)cc1C(=O)c1cccc([N+](=O)[O-])c1. The Balaban J connectivity index is 2.33. The Morgan fingerprint density at radius 3 is 2.62 bits per heavy atom. The van der Waals surface area contributed by atoms with Gasteiger partial charge >= 0.3 is 0 Å². The van der Waals surface area contributed by atoms with E-state index in [1.165, 1.54) is 48.2 Å². The van der Waals surface area contributed by atoms with Crippen LogP contribution in [0.1, 0.15) is 55.5 Å². The summed E-state index contributed by atoms with van der Waals surface area (Å²) in [5.41, 5.74) is -0.136. The molecule has 156 valence electrons. The lowest BCUT2D eigenvalue weighted by molar-refractivity contribution is -0.384. The van der Waals surface area contributed by atoms with E-state index in [2.05, 4.69) is 6.92 Å². The van der Waals surface area contributed by atoms with Gasteiger partial charge in [-0.3, -0.25) is 14.9 Å². The summed E-state index contributed by atoms with van der Waals surface area (Å²) >= 11 is 1.41. The first-order valence-corrected chi connectivity index (χ1v) is 10.7. The molecule has 0 aliphatic rings. The van der Waals surface area contributed by atoms with E-state index >= 15 is 0 Å². The second-order valence-corrected chi connectivity index (χ2v) is 8.20. The van der Waals surface area contributed by atoms with Crippen LogP contribution in [0.5, 0.6) is 0 Å². The van der Waals surface area contributed by atoms with Crippen molar-refractivity contribution >= 4 is 23.2 Å². The quantitative estimate of drug-likeness (QED) is 0.221. The number of non-ortho nitro benzene ring substituents is 1. The summed E-state index contributed by atoms with van der Waals surface area (Å²) in [5.74, 6) is -0.408. The van der Waals surface area contributed by atoms with E-state index in [9.17, 15) is 24.4 Å². The van der Waals surface area contributed by atoms with Crippen LogP contribution < -0.4 is 0 Å². The maximum Gasteiger partial charge on any atom is 0.270 e. The van der Waals surface area contributed by atoms with Crippen molar-refractivity contribution in [3.63, 3.8) is 0 Å². The first-order chi connectivity index (χ1) is 13.9. The Morgan fingerprint density at radius 2 is 2.00 bits per heavy atom. The number of ketones is 1. The van der Waals surface area contributed by atoms with Crippen molar-refractivity contribution in [2.24, 2.45) is 5.41 Å². The number of carbonyl (C=O) groups is 1. The molecular weight excluding hydrogens is 393 g/mol. The normalized spacial score (nSPS) is 13.1. The monoisotopic (exact) mass is 419 g/mol.